The Morgan fingerprint density at radius 2 is 1.74 bits per heavy atom. The molecule has 0 unspecified atom stereocenters. The number of benzene rings is 1. The van der Waals surface area contributed by atoms with Gasteiger partial charge >= 0.3 is 0 Å². The average Bonchev–Trinajstić information content (AvgIpc) is 2.27. The summed E-state index contributed by atoms with van der Waals surface area (Å²) in [4.78, 5) is -0.153. The quantitative estimate of drug-likeness (QED) is 0.861. The molecule has 1 rings (SSSR count). The highest BCUT2D eigenvalue weighted by Crippen LogP contribution is 2.34. The maximum absolute atomic E-state index is 12.5. The Kier molecular flexibility index (Phi) is 6.36. The number of hydrogen-bond donors (Lipinski definition) is 1. The first kappa shape index (κ1) is 17.0. The molecule has 0 atom stereocenters. The zero-order valence-electron chi connectivity index (χ0n) is 10.2. The van der Waals surface area contributed by atoms with Crippen molar-refractivity contribution < 1.29 is 13.5 Å². The normalized spacial score (nSPS) is 12.1. The molecule has 0 fully saturated rings. The van der Waals surface area contributed by atoms with Gasteiger partial charge in [0.15, 0.2) is 0 Å². The second kappa shape index (κ2) is 7.11. The van der Waals surface area contributed by atoms with Crippen LogP contribution in [-0.4, -0.2) is 37.5 Å². The first-order valence-electron chi connectivity index (χ1n) is 5.60. The Morgan fingerprint density at radius 1 is 1.21 bits per heavy atom. The number of halogens is 3. The van der Waals surface area contributed by atoms with Crippen molar-refractivity contribution in [3.05, 3.63) is 27.2 Å². The smallest absolute Gasteiger partial charge is 0.246 e. The molecule has 108 valence electrons. The van der Waals surface area contributed by atoms with Crippen molar-refractivity contribution in [2.45, 2.75) is 18.2 Å². The Bertz CT molecular complexity index is 525. The molecule has 0 saturated heterocycles. The maximum Gasteiger partial charge on any atom is 0.246 e. The molecule has 0 saturated carbocycles. The highest BCUT2D eigenvalue weighted by molar-refractivity contribution is 7.89. The fraction of sp³-hybridized carbons (Fsp3) is 0.455. The van der Waals surface area contributed by atoms with Crippen LogP contribution in [0.25, 0.3) is 0 Å². The molecule has 0 aromatic heterocycles. The van der Waals surface area contributed by atoms with Crippen LogP contribution in [0.5, 0.6) is 0 Å². The number of aliphatic hydroxyl groups is 1. The van der Waals surface area contributed by atoms with Gasteiger partial charge in [-0.2, -0.15) is 4.31 Å². The fourth-order valence-corrected chi connectivity index (χ4v) is 4.58. The molecule has 0 heterocycles. The molecule has 1 aromatic carbocycles. The molecular formula is C11H14Cl3NO3S. The monoisotopic (exact) mass is 345 g/mol. The standard InChI is InChI=1S/C11H14Cl3NO3S/c1-2-15(4-3-5-16)19(17,18)11-9(13)6-8(12)7-10(11)14/h6-7,16H,2-5H2,1H3. The molecule has 0 aliphatic carbocycles. The molecule has 8 heteroatoms. The molecule has 1 aromatic rings. The molecule has 1 N–H and O–H groups in total. The first-order chi connectivity index (χ1) is 8.84. The third-order valence-electron chi connectivity index (χ3n) is 2.48. The van der Waals surface area contributed by atoms with Crippen LogP contribution in [0.1, 0.15) is 13.3 Å². The molecule has 0 aliphatic rings. The number of sulfonamides is 1. The minimum absolute atomic E-state index is 0.0139. The molecule has 0 aliphatic heterocycles. The highest BCUT2D eigenvalue weighted by Gasteiger charge is 2.28. The van der Waals surface area contributed by atoms with E-state index in [2.05, 4.69) is 0 Å². The number of nitrogens with zero attached hydrogens (tertiary/aromatic N) is 1. The second-order valence-corrected chi connectivity index (χ2v) is 6.90. The van der Waals surface area contributed by atoms with E-state index in [1.165, 1.54) is 16.4 Å². The van der Waals surface area contributed by atoms with Gasteiger partial charge in [-0.05, 0) is 18.6 Å². The number of rotatable bonds is 6. The van der Waals surface area contributed by atoms with E-state index in [9.17, 15) is 8.42 Å². The molecule has 0 spiro atoms. The zero-order chi connectivity index (χ0) is 14.6. The van der Waals surface area contributed by atoms with Crippen LogP contribution < -0.4 is 0 Å². The summed E-state index contributed by atoms with van der Waals surface area (Å²) in [5.41, 5.74) is 0. The van der Waals surface area contributed by atoms with E-state index in [1.807, 2.05) is 0 Å². The molecule has 19 heavy (non-hydrogen) atoms. The van der Waals surface area contributed by atoms with Crippen LogP contribution in [0.3, 0.4) is 0 Å². The van der Waals surface area contributed by atoms with E-state index in [1.54, 1.807) is 6.92 Å². The molecular weight excluding hydrogens is 333 g/mol. The van der Waals surface area contributed by atoms with Gasteiger partial charge in [0.1, 0.15) is 4.90 Å². The molecule has 4 nitrogen and oxygen atoms in total. The predicted octanol–water partition coefficient (Wildman–Crippen LogP) is 3.04. The lowest BCUT2D eigenvalue weighted by Crippen LogP contribution is -2.32. The lowest BCUT2D eigenvalue weighted by atomic mass is 10.4. The van der Waals surface area contributed by atoms with E-state index in [0.717, 1.165) is 0 Å². The van der Waals surface area contributed by atoms with Gasteiger partial charge in [0.25, 0.3) is 0 Å². The topological polar surface area (TPSA) is 57.6 Å². The van der Waals surface area contributed by atoms with Crippen LogP contribution in [0.15, 0.2) is 17.0 Å². The number of aliphatic hydroxyl groups excluding tert-OH is 1. The molecule has 0 radical (unpaired) electrons. The lowest BCUT2D eigenvalue weighted by molar-refractivity contribution is 0.271. The van der Waals surface area contributed by atoms with Crippen molar-refractivity contribution in [2.75, 3.05) is 19.7 Å². The minimum atomic E-state index is -3.80. The highest BCUT2D eigenvalue weighted by atomic mass is 35.5. The summed E-state index contributed by atoms with van der Waals surface area (Å²) in [5.74, 6) is 0. The molecule has 0 amide bonds. The van der Waals surface area contributed by atoms with E-state index in [-0.39, 0.29) is 39.7 Å². The van der Waals surface area contributed by atoms with Gasteiger partial charge in [0.05, 0.1) is 10.0 Å². The summed E-state index contributed by atoms with van der Waals surface area (Å²) in [6.45, 7) is 2.07. The van der Waals surface area contributed by atoms with Crippen LogP contribution >= 0.6 is 34.8 Å². The van der Waals surface area contributed by atoms with Gasteiger partial charge < -0.3 is 5.11 Å². The SMILES string of the molecule is CCN(CCCO)S(=O)(=O)c1c(Cl)cc(Cl)cc1Cl. The van der Waals surface area contributed by atoms with Crippen molar-refractivity contribution in [1.82, 2.24) is 4.31 Å². The van der Waals surface area contributed by atoms with Crippen molar-refractivity contribution in [1.29, 1.82) is 0 Å². The van der Waals surface area contributed by atoms with Crippen LogP contribution in [-0.2, 0) is 10.0 Å². The summed E-state index contributed by atoms with van der Waals surface area (Å²) in [7, 11) is -3.80. The molecule has 0 bridgehead atoms. The Morgan fingerprint density at radius 3 is 2.16 bits per heavy atom. The number of hydrogen-bond acceptors (Lipinski definition) is 3. The van der Waals surface area contributed by atoms with Gasteiger partial charge in [0, 0.05) is 24.7 Å². The lowest BCUT2D eigenvalue weighted by Gasteiger charge is -2.21. The van der Waals surface area contributed by atoms with Gasteiger partial charge in [-0.15, -0.1) is 0 Å². The third kappa shape index (κ3) is 3.97. The maximum atomic E-state index is 12.5. The largest absolute Gasteiger partial charge is 0.396 e. The van der Waals surface area contributed by atoms with Crippen LogP contribution in [0.2, 0.25) is 15.1 Å². The Balaban J connectivity index is 3.26. The zero-order valence-corrected chi connectivity index (χ0v) is 13.3. The minimum Gasteiger partial charge on any atom is -0.396 e. The van der Waals surface area contributed by atoms with Crippen molar-refractivity contribution in [2.24, 2.45) is 0 Å². The van der Waals surface area contributed by atoms with Gasteiger partial charge in [-0.25, -0.2) is 8.42 Å². The van der Waals surface area contributed by atoms with Gasteiger partial charge in [0.2, 0.25) is 10.0 Å². The first-order valence-corrected chi connectivity index (χ1v) is 8.17. The summed E-state index contributed by atoms with van der Waals surface area (Å²) in [6.07, 6.45) is 0.343. The summed E-state index contributed by atoms with van der Waals surface area (Å²) in [6, 6.07) is 2.67. The van der Waals surface area contributed by atoms with E-state index < -0.39 is 10.0 Å². The van der Waals surface area contributed by atoms with Gasteiger partial charge in [-0.1, -0.05) is 41.7 Å². The Hall–Kier alpha value is -0.0400. The van der Waals surface area contributed by atoms with Gasteiger partial charge in [-0.3, -0.25) is 0 Å². The van der Waals surface area contributed by atoms with Crippen molar-refractivity contribution in [3.8, 4) is 0 Å². The predicted molar refractivity (Wildman–Crippen MR) is 77.6 cm³/mol. The fourth-order valence-electron chi connectivity index (χ4n) is 1.60. The van der Waals surface area contributed by atoms with Crippen molar-refractivity contribution in [3.63, 3.8) is 0 Å². The average molecular weight is 347 g/mol. The van der Waals surface area contributed by atoms with E-state index in [4.69, 9.17) is 39.9 Å². The van der Waals surface area contributed by atoms with Crippen molar-refractivity contribution >= 4 is 44.8 Å². The van der Waals surface area contributed by atoms with Crippen LogP contribution in [0, 0.1) is 0 Å². The summed E-state index contributed by atoms with van der Waals surface area (Å²) in [5, 5.41) is 9.04. The summed E-state index contributed by atoms with van der Waals surface area (Å²) < 4.78 is 26.1. The summed E-state index contributed by atoms with van der Waals surface area (Å²) >= 11 is 17.6. The van der Waals surface area contributed by atoms with Crippen LogP contribution in [0.4, 0.5) is 0 Å². The second-order valence-electron chi connectivity index (χ2n) is 3.77. The van der Waals surface area contributed by atoms with E-state index >= 15 is 0 Å². The third-order valence-corrected chi connectivity index (χ3v) is 5.59. The van der Waals surface area contributed by atoms with E-state index in [0.29, 0.717) is 6.42 Å². The Labute approximate surface area is 127 Å².